The summed E-state index contributed by atoms with van der Waals surface area (Å²) < 4.78 is 5.39. The largest absolute Gasteiger partial charge is 0.390 e. The van der Waals surface area contributed by atoms with Crippen LogP contribution in [0.2, 0.25) is 0 Å². The molecule has 122 valence electrons. The molecule has 3 heterocycles. The molecule has 0 bridgehead atoms. The predicted octanol–water partition coefficient (Wildman–Crippen LogP) is 1.22. The van der Waals surface area contributed by atoms with E-state index in [2.05, 4.69) is 15.2 Å². The van der Waals surface area contributed by atoms with Gasteiger partial charge in [-0.3, -0.25) is 14.6 Å². The van der Waals surface area contributed by atoms with Crippen molar-refractivity contribution < 1.29 is 14.6 Å². The molecule has 0 unspecified atom stereocenters. The molecule has 5 nitrogen and oxygen atoms in total. The maximum absolute atomic E-state index is 11.4. The molecule has 2 fully saturated rings. The monoisotopic (exact) mass is 324 g/mol. The quantitative estimate of drug-likeness (QED) is 0.844. The van der Waals surface area contributed by atoms with Crippen LogP contribution in [0.5, 0.6) is 0 Å². The Labute approximate surface area is 135 Å². The van der Waals surface area contributed by atoms with Crippen molar-refractivity contribution in [3.05, 3.63) is 21.9 Å². The second-order valence-electron chi connectivity index (χ2n) is 6.18. The zero-order valence-electron chi connectivity index (χ0n) is 13.0. The maximum Gasteiger partial charge on any atom is 0.169 e. The number of ketones is 1. The number of piperidine rings is 1. The maximum atomic E-state index is 11.4. The van der Waals surface area contributed by atoms with Crippen LogP contribution in [0.15, 0.2) is 11.4 Å². The molecule has 22 heavy (non-hydrogen) atoms. The number of carbonyl (C=O) groups excluding carboxylic acids is 1. The smallest absolute Gasteiger partial charge is 0.169 e. The normalized spacial score (nSPS) is 27.9. The standard InChI is InChI=1S/C16H24N2O3S/c1-12(19)16-8-13(11-22-16)9-17-3-2-14(15(20)10-17)18-4-6-21-7-5-18/h8,11,14-15,20H,2-7,9-10H2,1H3/t14-,15-/m1/s1. The molecule has 0 saturated carbocycles. The number of aliphatic hydroxyl groups is 1. The van der Waals surface area contributed by atoms with Crippen LogP contribution in [0, 0.1) is 0 Å². The molecule has 2 aliphatic rings. The number of rotatable bonds is 4. The van der Waals surface area contributed by atoms with Crippen molar-refractivity contribution in [1.29, 1.82) is 0 Å². The Balaban J connectivity index is 1.54. The van der Waals surface area contributed by atoms with Crippen LogP contribution in [0.3, 0.4) is 0 Å². The minimum absolute atomic E-state index is 0.127. The average Bonchev–Trinajstić information content (AvgIpc) is 2.97. The first-order valence-electron chi connectivity index (χ1n) is 7.94. The number of carbonyl (C=O) groups is 1. The molecular weight excluding hydrogens is 300 g/mol. The first kappa shape index (κ1) is 16.1. The summed E-state index contributed by atoms with van der Waals surface area (Å²) >= 11 is 1.51. The Morgan fingerprint density at radius 1 is 1.41 bits per heavy atom. The lowest BCUT2D eigenvalue weighted by Crippen LogP contribution is -2.56. The first-order valence-corrected chi connectivity index (χ1v) is 8.82. The number of likely N-dealkylation sites (tertiary alicyclic amines) is 1. The lowest BCUT2D eigenvalue weighted by atomic mass is 9.99. The second kappa shape index (κ2) is 7.19. The highest BCUT2D eigenvalue weighted by Crippen LogP contribution is 2.22. The second-order valence-corrected chi connectivity index (χ2v) is 7.09. The minimum atomic E-state index is -0.308. The highest BCUT2D eigenvalue weighted by Gasteiger charge is 2.32. The van der Waals surface area contributed by atoms with Gasteiger partial charge in [-0.25, -0.2) is 0 Å². The van der Waals surface area contributed by atoms with Crippen LogP contribution in [0.1, 0.15) is 28.6 Å². The van der Waals surface area contributed by atoms with E-state index < -0.39 is 0 Å². The van der Waals surface area contributed by atoms with Crippen LogP contribution in [-0.2, 0) is 11.3 Å². The molecule has 1 aromatic rings. The summed E-state index contributed by atoms with van der Waals surface area (Å²) in [7, 11) is 0. The topological polar surface area (TPSA) is 53.0 Å². The van der Waals surface area contributed by atoms with Gasteiger partial charge in [-0.2, -0.15) is 0 Å². The number of β-amino-alcohol motifs (C(OH)–C–C–N with tert-alkyl or cyclic N) is 1. The molecule has 2 saturated heterocycles. The minimum Gasteiger partial charge on any atom is -0.390 e. The van der Waals surface area contributed by atoms with Crippen molar-refractivity contribution in [2.24, 2.45) is 0 Å². The number of nitrogens with zero attached hydrogens (tertiary/aromatic N) is 2. The van der Waals surface area contributed by atoms with E-state index in [1.165, 1.54) is 16.9 Å². The van der Waals surface area contributed by atoms with Gasteiger partial charge in [-0.05, 0) is 30.4 Å². The fourth-order valence-corrected chi connectivity index (χ4v) is 4.17. The highest BCUT2D eigenvalue weighted by atomic mass is 32.1. The number of hydrogen-bond acceptors (Lipinski definition) is 6. The summed E-state index contributed by atoms with van der Waals surface area (Å²) in [5.41, 5.74) is 1.17. The van der Waals surface area contributed by atoms with Gasteiger partial charge in [0, 0.05) is 38.8 Å². The molecule has 0 aromatic carbocycles. The summed E-state index contributed by atoms with van der Waals surface area (Å²) in [5, 5.41) is 12.5. The van der Waals surface area contributed by atoms with E-state index in [0.29, 0.717) is 6.54 Å². The fourth-order valence-electron chi connectivity index (χ4n) is 3.36. The van der Waals surface area contributed by atoms with Crippen molar-refractivity contribution in [3.8, 4) is 0 Å². The predicted molar refractivity (Wildman–Crippen MR) is 86.4 cm³/mol. The lowest BCUT2D eigenvalue weighted by molar-refractivity contribution is -0.0534. The van der Waals surface area contributed by atoms with Crippen LogP contribution < -0.4 is 0 Å². The zero-order chi connectivity index (χ0) is 15.5. The Bertz CT molecular complexity index is 513. The molecule has 3 rings (SSSR count). The Kier molecular flexibility index (Phi) is 5.25. The Morgan fingerprint density at radius 3 is 2.82 bits per heavy atom. The molecule has 2 aliphatic heterocycles. The van der Waals surface area contributed by atoms with E-state index in [1.54, 1.807) is 6.92 Å². The molecular formula is C16H24N2O3S. The van der Waals surface area contributed by atoms with Crippen LogP contribution >= 0.6 is 11.3 Å². The van der Waals surface area contributed by atoms with Crippen LogP contribution in [0.4, 0.5) is 0 Å². The van der Waals surface area contributed by atoms with E-state index in [-0.39, 0.29) is 17.9 Å². The third-order valence-electron chi connectivity index (χ3n) is 4.55. The number of aliphatic hydroxyl groups excluding tert-OH is 1. The number of Topliss-reactive ketones (excluding diaryl/α,β-unsaturated/α-hetero) is 1. The molecule has 0 spiro atoms. The Hall–Kier alpha value is -0.790. The third-order valence-corrected chi connectivity index (χ3v) is 5.63. The van der Waals surface area contributed by atoms with E-state index in [1.807, 2.05) is 6.07 Å². The number of thiophene rings is 1. The van der Waals surface area contributed by atoms with Crippen molar-refractivity contribution in [2.75, 3.05) is 39.4 Å². The van der Waals surface area contributed by atoms with Gasteiger partial charge in [0.15, 0.2) is 5.78 Å². The molecule has 1 N–H and O–H groups in total. The zero-order valence-corrected chi connectivity index (χ0v) is 13.8. The number of ether oxygens (including phenoxy) is 1. The van der Waals surface area contributed by atoms with Gasteiger partial charge in [0.25, 0.3) is 0 Å². The van der Waals surface area contributed by atoms with E-state index in [0.717, 1.165) is 50.7 Å². The van der Waals surface area contributed by atoms with Crippen molar-refractivity contribution in [2.45, 2.75) is 32.0 Å². The van der Waals surface area contributed by atoms with Gasteiger partial charge in [0.05, 0.1) is 24.2 Å². The lowest BCUT2D eigenvalue weighted by Gasteiger charge is -2.43. The van der Waals surface area contributed by atoms with Gasteiger partial charge in [0.2, 0.25) is 0 Å². The van der Waals surface area contributed by atoms with Crippen molar-refractivity contribution >= 4 is 17.1 Å². The first-order chi connectivity index (χ1) is 10.6. The molecule has 0 amide bonds. The van der Waals surface area contributed by atoms with Crippen molar-refractivity contribution in [3.63, 3.8) is 0 Å². The number of morpholine rings is 1. The van der Waals surface area contributed by atoms with Gasteiger partial charge in [-0.1, -0.05) is 0 Å². The molecule has 2 atom stereocenters. The van der Waals surface area contributed by atoms with Crippen LogP contribution in [-0.4, -0.2) is 72.2 Å². The summed E-state index contributed by atoms with van der Waals surface area (Å²) in [6, 6.07) is 2.24. The molecule has 6 heteroatoms. The van der Waals surface area contributed by atoms with Gasteiger partial charge in [0.1, 0.15) is 0 Å². The third kappa shape index (κ3) is 3.75. The fraction of sp³-hybridized carbons (Fsp3) is 0.688. The summed E-state index contributed by atoms with van der Waals surface area (Å²) in [4.78, 5) is 16.8. The van der Waals surface area contributed by atoms with Gasteiger partial charge >= 0.3 is 0 Å². The molecule has 1 aromatic heterocycles. The Morgan fingerprint density at radius 2 is 2.18 bits per heavy atom. The average molecular weight is 324 g/mol. The summed E-state index contributed by atoms with van der Waals surface area (Å²) in [6.07, 6.45) is 0.683. The molecule has 0 aliphatic carbocycles. The van der Waals surface area contributed by atoms with Crippen molar-refractivity contribution in [1.82, 2.24) is 9.80 Å². The van der Waals surface area contributed by atoms with E-state index >= 15 is 0 Å². The highest BCUT2D eigenvalue weighted by molar-refractivity contribution is 7.12. The van der Waals surface area contributed by atoms with Crippen LogP contribution in [0.25, 0.3) is 0 Å². The van der Waals surface area contributed by atoms with E-state index in [4.69, 9.17) is 4.74 Å². The summed E-state index contributed by atoms with van der Waals surface area (Å²) in [5.74, 6) is 0.127. The summed E-state index contributed by atoms with van der Waals surface area (Å²) in [6.45, 7) is 7.51. The SMILES string of the molecule is CC(=O)c1cc(CN2CC[C@@H](N3CCOCC3)[C@H](O)C2)cs1. The van der Waals surface area contributed by atoms with Gasteiger partial charge < -0.3 is 9.84 Å². The molecule has 0 radical (unpaired) electrons. The van der Waals surface area contributed by atoms with E-state index in [9.17, 15) is 9.90 Å². The number of hydrogen-bond donors (Lipinski definition) is 1. The van der Waals surface area contributed by atoms with Gasteiger partial charge in [-0.15, -0.1) is 11.3 Å².